The van der Waals surface area contributed by atoms with Crippen LogP contribution >= 0.6 is 0 Å². The van der Waals surface area contributed by atoms with E-state index in [9.17, 15) is 5.11 Å². The van der Waals surface area contributed by atoms with Crippen molar-refractivity contribution in [2.45, 2.75) is 25.0 Å². The molecule has 2 N–H and O–H groups in total. The average Bonchev–Trinajstić information content (AvgIpc) is 2.54. The van der Waals surface area contributed by atoms with Gasteiger partial charge in [0.05, 0.1) is 25.4 Å². The minimum absolute atomic E-state index is 0.193. The third-order valence-electron chi connectivity index (χ3n) is 4.13. The first-order chi connectivity index (χ1) is 11.1. The molecule has 0 aliphatic carbocycles. The van der Waals surface area contributed by atoms with Gasteiger partial charge in [-0.25, -0.2) is 0 Å². The summed E-state index contributed by atoms with van der Waals surface area (Å²) in [6.07, 6.45) is 0.891. The highest BCUT2D eigenvalue weighted by molar-refractivity contribution is 5.16. The molecule has 5 heteroatoms. The Hall–Kier alpha value is -0.980. The molecular weight excluding hydrogens is 292 g/mol. The van der Waals surface area contributed by atoms with Gasteiger partial charge in [-0.15, -0.1) is 0 Å². The number of rotatable bonds is 9. The van der Waals surface area contributed by atoms with E-state index in [1.807, 2.05) is 25.1 Å². The summed E-state index contributed by atoms with van der Waals surface area (Å²) in [6.45, 7) is 7.01. The van der Waals surface area contributed by atoms with E-state index in [-0.39, 0.29) is 6.04 Å². The van der Waals surface area contributed by atoms with Crippen LogP contribution in [0.4, 0.5) is 0 Å². The van der Waals surface area contributed by atoms with Crippen LogP contribution in [-0.2, 0) is 15.9 Å². The van der Waals surface area contributed by atoms with Gasteiger partial charge < -0.3 is 19.9 Å². The number of β-amino-alcohol motifs (C(OH)–C–C–N with tert-alkyl or cyclic N) is 1. The fourth-order valence-corrected chi connectivity index (χ4v) is 2.95. The highest BCUT2D eigenvalue weighted by atomic mass is 16.5. The minimum atomic E-state index is -0.764. The zero-order valence-electron chi connectivity index (χ0n) is 14.3. The number of aliphatic hydroxyl groups is 1. The first-order valence-corrected chi connectivity index (χ1v) is 8.38. The van der Waals surface area contributed by atoms with Crippen molar-refractivity contribution in [2.75, 3.05) is 53.1 Å². The van der Waals surface area contributed by atoms with E-state index in [0.717, 1.165) is 32.7 Å². The Morgan fingerprint density at radius 3 is 2.65 bits per heavy atom. The van der Waals surface area contributed by atoms with E-state index < -0.39 is 5.60 Å². The molecule has 0 bridgehead atoms. The van der Waals surface area contributed by atoms with E-state index in [1.165, 1.54) is 5.56 Å². The van der Waals surface area contributed by atoms with Crippen LogP contribution in [0.1, 0.15) is 12.5 Å². The van der Waals surface area contributed by atoms with Crippen LogP contribution in [0.2, 0.25) is 0 Å². The molecule has 0 radical (unpaired) electrons. The zero-order chi connectivity index (χ0) is 16.5. The van der Waals surface area contributed by atoms with Crippen molar-refractivity contribution in [3.63, 3.8) is 0 Å². The predicted octanol–water partition coefficient (Wildman–Crippen LogP) is 0.917. The Labute approximate surface area is 139 Å². The minimum Gasteiger partial charge on any atom is -0.388 e. The van der Waals surface area contributed by atoms with Crippen LogP contribution in [0.25, 0.3) is 0 Å². The summed E-state index contributed by atoms with van der Waals surface area (Å²) in [5.41, 5.74) is 0.509. The van der Waals surface area contributed by atoms with Gasteiger partial charge in [-0.05, 0) is 18.9 Å². The summed E-state index contributed by atoms with van der Waals surface area (Å²) in [6, 6.07) is 10.6. The molecule has 5 nitrogen and oxygen atoms in total. The SMILES string of the molecule is COC[C@H](Cc1ccccc1)NC[C@](C)(O)CN1CCOCC1. The van der Waals surface area contributed by atoms with Gasteiger partial charge in [0.1, 0.15) is 0 Å². The summed E-state index contributed by atoms with van der Waals surface area (Å²) < 4.78 is 10.7. The van der Waals surface area contributed by atoms with Crippen molar-refractivity contribution in [3.05, 3.63) is 35.9 Å². The Morgan fingerprint density at radius 2 is 2.00 bits per heavy atom. The maximum absolute atomic E-state index is 10.7. The number of methoxy groups -OCH3 is 1. The van der Waals surface area contributed by atoms with Gasteiger partial charge >= 0.3 is 0 Å². The fourth-order valence-electron chi connectivity index (χ4n) is 2.95. The standard InChI is InChI=1S/C18H30N2O3/c1-18(21,15-20-8-10-23-11-9-20)14-19-17(13-22-2)12-16-6-4-3-5-7-16/h3-7,17,19,21H,8-15H2,1-2H3/t17-,18-/m0/s1. The molecule has 0 spiro atoms. The molecule has 1 aliphatic rings. The molecule has 23 heavy (non-hydrogen) atoms. The van der Waals surface area contributed by atoms with Gasteiger partial charge in [0, 0.05) is 39.3 Å². The number of hydrogen-bond donors (Lipinski definition) is 2. The molecule has 2 atom stereocenters. The van der Waals surface area contributed by atoms with E-state index >= 15 is 0 Å². The van der Waals surface area contributed by atoms with Crippen LogP contribution < -0.4 is 5.32 Å². The molecule has 1 aliphatic heterocycles. The molecule has 0 saturated carbocycles. The van der Waals surface area contributed by atoms with Gasteiger partial charge in [0.25, 0.3) is 0 Å². The van der Waals surface area contributed by atoms with Gasteiger partial charge in [-0.1, -0.05) is 30.3 Å². The largest absolute Gasteiger partial charge is 0.388 e. The van der Waals surface area contributed by atoms with Crippen LogP contribution in [0.3, 0.4) is 0 Å². The predicted molar refractivity (Wildman–Crippen MR) is 91.7 cm³/mol. The van der Waals surface area contributed by atoms with E-state index in [2.05, 4.69) is 22.3 Å². The number of benzene rings is 1. The molecular formula is C18H30N2O3. The molecule has 1 fully saturated rings. The van der Waals surface area contributed by atoms with E-state index in [1.54, 1.807) is 7.11 Å². The van der Waals surface area contributed by atoms with Crippen molar-refractivity contribution < 1.29 is 14.6 Å². The maximum Gasteiger partial charge on any atom is 0.0869 e. The van der Waals surface area contributed by atoms with Gasteiger partial charge in [0.2, 0.25) is 0 Å². The molecule has 0 amide bonds. The lowest BCUT2D eigenvalue weighted by Crippen LogP contribution is -2.52. The quantitative estimate of drug-likeness (QED) is 0.708. The fraction of sp³-hybridized carbons (Fsp3) is 0.667. The summed E-state index contributed by atoms with van der Waals surface area (Å²) in [4.78, 5) is 2.26. The van der Waals surface area contributed by atoms with Crippen molar-refractivity contribution in [2.24, 2.45) is 0 Å². The lowest BCUT2D eigenvalue weighted by molar-refractivity contribution is -0.0238. The first-order valence-electron chi connectivity index (χ1n) is 8.38. The van der Waals surface area contributed by atoms with Crippen molar-refractivity contribution in [1.82, 2.24) is 10.2 Å². The monoisotopic (exact) mass is 322 g/mol. The molecule has 1 aromatic rings. The number of nitrogens with zero attached hydrogens (tertiary/aromatic N) is 1. The third kappa shape index (κ3) is 6.97. The second-order valence-corrected chi connectivity index (χ2v) is 6.61. The number of ether oxygens (including phenoxy) is 2. The second-order valence-electron chi connectivity index (χ2n) is 6.61. The summed E-state index contributed by atoms with van der Waals surface area (Å²) in [5, 5.41) is 14.1. The average molecular weight is 322 g/mol. The maximum atomic E-state index is 10.7. The number of hydrogen-bond acceptors (Lipinski definition) is 5. The van der Waals surface area contributed by atoms with Crippen molar-refractivity contribution in [1.29, 1.82) is 0 Å². The molecule has 0 unspecified atom stereocenters. The lowest BCUT2D eigenvalue weighted by atomic mass is 10.0. The van der Waals surface area contributed by atoms with Crippen LogP contribution in [0, 0.1) is 0 Å². The van der Waals surface area contributed by atoms with Gasteiger partial charge in [-0.2, -0.15) is 0 Å². The highest BCUT2D eigenvalue weighted by Gasteiger charge is 2.26. The summed E-state index contributed by atoms with van der Waals surface area (Å²) >= 11 is 0. The number of morpholine rings is 1. The van der Waals surface area contributed by atoms with Gasteiger partial charge in [0.15, 0.2) is 0 Å². The molecule has 1 heterocycles. The van der Waals surface area contributed by atoms with Crippen LogP contribution in [0.5, 0.6) is 0 Å². The molecule has 130 valence electrons. The molecule has 2 rings (SSSR count). The summed E-state index contributed by atoms with van der Waals surface area (Å²) in [5.74, 6) is 0. The van der Waals surface area contributed by atoms with Crippen molar-refractivity contribution >= 4 is 0 Å². The Balaban J connectivity index is 1.81. The third-order valence-corrected chi connectivity index (χ3v) is 4.13. The first kappa shape index (κ1) is 18.4. The molecule has 0 aromatic heterocycles. The molecule has 1 aromatic carbocycles. The Morgan fingerprint density at radius 1 is 1.30 bits per heavy atom. The molecule has 1 saturated heterocycles. The van der Waals surface area contributed by atoms with Gasteiger partial charge in [-0.3, -0.25) is 4.90 Å². The van der Waals surface area contributed by atoms with E-state index in [0.29, 0.717) is 19.7 Å². The van der Waals surface area contributed by atoms with Crippen LogP contribution in [-0.4, -0.2) is 74.8 Å². The highest BCUT2D eigenvalue weighted by Crippen LogP contribution is 2.09. The summed E-state index contributed by atoms with van der Waals surface area (Å²) in [7, 11) is 1.71. The number of nitrogens with one attached hydrogen (secondary N) is 1. The zero-order valence-corrected chi connectivity index (χ0v) is 14.3. The lowest BCUT2D eigenvalue weighted by Gasteiger charge is -2.35. The van der Waals surface area contributed by atoms with E-state index in [4.69, 9.17) is 9.47 Å². The smallest absolute Gasteiger partial charge is 0.0869 e. The Bertz CT molecular complexity index is 433. The van der Waals surface area contributed by atoms with Crippen molar-refractivity contribution in [3.8, 4) is 0 Å². The van der Waals surface area contributed by atoms with Crippen LogP contribution in [0.15, 0.2) is 30.3 Å². The topological polar surface area (TPSA) is 54.0 Å². The normalized spacial score (nSPS) is 20.1. The second kappa shape index (κ2) is 9.35. The Kier molecular flexibility index (Phi) is 7.46.